The number of hydrogen-bond donors (Lipinski definition) is 1. The second kappa shape index (κ2) is 8.06. The van der Waals surface area contributed by atoms with E-state index in [2.05, 4.69) is 41.0 Å². The van der Waals surface area contributed by atoms with E-state index in [0.717, 1.165) is 59.2 Å². The molecule has 1 aliphatic heterocycles. The van der Waals surface area contributed by atoms with Crippen molar-refractivity contribution in [3.8, 4) is 5.75 Å². The molecule has 2 fully saturated rings. The number of amides is 1. The normalized spacial score (nSPS) is 19.2. The maximum atomic E-state index is 13.4. The quantitative estimate of drug-likeness (QED) is 0.594. The third kappa shape index (κ3) is 3.78. The number of benzene rings is 2. The summed E-state index contributed by atoms with van der Waals surface area (Å²) in [6.45, 7) is 7.66. The molecule has 0 spiro atoms. The number of fused-ring (bicyclic) bond motifs is 1. The van der Waals surface area contributed by atoms with Crippen molar-refractivity contribution in [3.63, 3.8) is 0 Å². The molecule has 2 heterocycles. The summed E-state index contributed by atoms with van der Waals surface area (Å²) in [7, 11) is 2.11. The van der Waals surface area contributed by atoms with Crippen LogP contribution >= 0.6 is 0 Å². The first kappa shape index (κ1) is 20.7. The Kier molecular flexibility index (Phi) is 5.22. The zero-order chi connectivity index (χ0) is 22.3. The average Bonchev–Trinajstić information content (AvgIpc) is 3.58. The van der Waals surface area contributed by atoms with E-state index in [0.29, 0.717) is 18.2 Å². The summed E-state index contributed by atoms with van der Waals surface area (Å²) in [5.74, 6) is 0.682. The smallest absolute Gasteiger partial charge is 0.252 e. The van der Waals surface area contributed by atoms with Gasteiger partial charge in [-0.2, -0.15) is 0 Å². The van der Waals surface area contributed by atoms with Gasteiger partial charge in [-0.25, -0.2) is 0 Å². The number of nitrogens with one attached hydrogen (secondary N) is 1. The highest BCUT2D eigenvalue weighted by molar-refractivity contribution is 5.97. The molecule has 1 aliphatic carbocycles. The molecule has 1 amide bonds. The van der Waals surface area contributed by atoms with Gasteiger partial charge in [0.2, 0.25) is 0 Å². The van der Waals surface area contributed by atoms with Crippen molar-refractivity contribution in [1.29, 1.82) is 0 Å². The summed E-state index contributed by atoms with van der Waals surface area (Å²) < 4.78 is 6.00. The fourth-order valence-corrected chi connectivity index (χ4v) is 4.50. The molecule has 5 heteroatoms. The Bertz CT molecular complexity index is 1200. The van der Waals surface area contributed by atoms with E-state index in [-0.39, 0.29) is 11.4 Å². The predicted molar refractivity (Wildman–Crippen MR) is 128 cm³/mol. The number of rotatable bonds is 7. The standard InChI is InChI=1S/C27H29N3O2/c1-4-19-14-24(22-6-5-12-28-25(22)15-19)27(10-11-27)29-26(31)23-16-21(8-7-18(23)2)32-17-20-9-13-30(20)3/h4-8,12,14-16,20H,1,9-11,13,17H2,2-3H3,(H,29,31)/t20-/m0/s1. The van der Waals surface area contributed by atoms with E-state index < -0.39 is 0 Å². The van der Waals surface area contributed by atoms with Gasteiger partial charge >= 0.3 is 0 Å². The first-order valence-corrected chi connectivity index (χ1v) is 11.3. The fraction of sp³-hybridized carbons (Fsp3) is 0.333. The Labute approximate surface area is 189 Å². The van der Waals surface area contributed by atoms with E-state index >= 15 is 0 Å². The maximum Gasteiger partial charge on any atom is 0.252 e. The molecule has 1 saturated carbocycles. The molecule has 2 aliphatic rings. The van der Waals surface area contributed by atoms with Crippen LogP contribution in [0, 0.1) is 6.92 Å². The summed E-state index contributed by atoms with van der Waals surface area (Å²) >= 11 is 0. The molecule has 1 saturated heterocycles. The van der Waals surface area contributed by atoms with Crippen molar-refractivity contribution in [2.45, 2.75) is 37.8 Å². The monoisotopic (exact) mass is 427 g/mol. The SMILES string of the molecule is C=Cc1cc(C2(NC(=O)c3cc(OC[C@@H]4CCN4C)ccc3C)CC2)c2cccnc2c1. The Morgan fingerprint density at radius 3 is 2.84 bits per heavy atom. The number of ether oxygens (including phenoxy) is 1. The predicted octanol–water partition coefficient (Wildman–Crippen LogP) is 4.69. The fourth-order valence-electron chi connectivity index (χ4n) is 4.50. The van der Waals surface area contributed by atoms with Gasteiger partial charge in [-0.3, -0.25) is 14.7 Å². The molecule has 5 rings (SSSR count). The van der Waals surface area contributed by atoms with Gasteiger partial charge in [-0.1, -0.05) is 24.8 Å². The third-order valence-corrected chi connectivity index (χ3v) is 6.93. The summed E-state index contributed by atoms with van der Waals surface area (Å²) in [5, 5.41) is 4.42. The van der Waals surface area contributed by atoms with Crippen molar-refractivity contribution in [3.05, 3.63) is 77.5 Å². The van der Waals surface area contributed by atoms with E-state index in [9.17, 15) is 4.79 Å². The van der Waals surface area contributed by atoms with Crippen molar-refractivity contribution in [1.82, 2.24) is 15.2 Å². The number of hydrogen-bond acceptors (Lipinski definition) is 4. The van der Waals surface area contributed by atoms with Gasteiger partial charge in [0.1, 0.15) is 12.4 Å². The molecule has 3 aromatic rings. The van der Waals surface area contributed by atoms with Crippen molar-refractivity contribution >= 4 is 22.9 Å². The Morgan fingerprint density at radius 1 is 1.31 bits per heavy atom. The van der Waals surface area contributed by atoms with Crippen LogP contribution in [-0.4, -0.2) is 42.0 Å². The molecule has 32 heavy (non-hydrogen) atoms. The van der Waals surface area contributed by atoms with Crippen LogP contribution in [0.3, 0.4) is 0 Å². The van der Waals surface area contributed by atoms with Crippen molar-refractivity contribution in [2.24, 2.45) is 0 Å². The van der Waals surface area contributed by atoms with Gasteiger partial charge in [0, 0.05) is 23.2 Å². The number of aryl methyl sites for hydroxylation is 1. The van der Waals surface area contributed by atoms with Crippen molar-refractivity contribution < 1.29 is 9.53 Å². The molecule has 0 bridgehead atoms. The van der Waals surface area contributed by atoms with Crippen LogP contribution in [0.2, 0.25) is 0 Å². The molecule has 2 aromatic carbocycles. The zero-order valence-corrected chi connectivity index (χ0v) is 18.7. The third-order valence-electron chi connectivity index (χ3n) is 6.93. The highest BCUT2D eigenvalue weighted by Gasteiger charge is 2.47. The minimum absolute atomic E-state index is 0.0627. The van der Waals surface area contributed by atoms with Gasteiger partial charge < -0.3 is 10.1 Å². The van der Waals surface area contributed by atoms with E-state index in [1.807, 2.05) is 43.3 Å². The average molecular weight is 428 g/mol. The highest BCUT2D eigenvalue weighted by Crippen LogP contribution is 2.48. The Hall–Kier alpha value is -3.18. The van der Waals surface area contributed by atoms with Crippen LogP contribution < -0.4 is 10.1 Å². The molecular weight excluding hydrogens is 398 g/mol. The first-order valence-electron chi connectivity index (χ1n) is 11.3. The van der Waals surface area contributed by atoms with E-state index in [1.165, 1.54) is 0 Å². The number of carbonyl (C=O) groups is 1. The molecule has 1 N–H and O–H groups in total. The van der Waals surface area contributed by atoms with Gasteiger partial charge in [0.05, 0.1) is 11.1 Å². The van der Waals surface area contributed by atoms with E-state index in [1.54, 1.807) is 6.20 Å². The topological polar surface area (TPSA) is 54.5 Å². The zero-order valence-electron chi connectivity index (χ0n) is 18.7. The molecule has 1 aromatic heterocycles. The summed E-state index contributed by atoms with van der Waals surface area (Å²) in [6.07, 6.45) is 6.61. The van der Waals surface area contributed by atoms with Crippen LogP contribution in [0.15, 0.2) is 55.2 Å². The molecule has 164 valence electrons. The Balaban J connectivity index is 1.40. The number of aromatic nitrogens is 1. The molecule has 0 unspecified atom stereocenters. The van der Waals surface area contributed by atoms with Crippen LogP contribution in [0.4, 0.5) is 0 Å². The number of nitrogens with zero attached hydrogens (tertiary/aromatic N) is 2. The molecule has 5 nitrogen and oxygen atoms in total. The molecule has 1 atom stereocenters. The summed E-state index contributed by atoms with van der Waals surface area (Å²) in [5.41, 5.74) is 4.29. The number of pyridine rings is 1. The maximum absolute atomic E-state index is 13.4. The van der Waals surface area contributed by atoms with Crippen LogP contribution in [0.5, 0.6) is 5.75 Å². The van der Waals surface area contributed by atoms with Crippen LogP contribution in [-0.2, 0) is 5.54 Å². The van der Waals surface area contributed by atoms with Gasteiger partial charge in [0.25, 0.3) is 5.91 Å². The van der Waals surface area contributed by atoms with Crippen LogP contribution in [0.1, 0.15) is 46.3 Å². The lowest BCUT2D eigenvalue weighted by Gasteiger charge is -2.37. The van der Waals surface area contributed by atoms with Gasteiger partial charge in [0.15, 0.2) is 0 Å². The minimum atomic E-state index is -0.366. The Morgan fingerprint density at radius 2 is 2.16 bits per heavy atom. The lowest BCUT2D eigenvalue weighted by atomic mass is 9.95. The molecule has 0 radical (unpaired) electrons. The lowest BCUT2D eigenvalue weighted by Crippen LogP contribution is -2.48. The molecular formula is C27H29N3O2. The second-order valence-corrected chi connectivity index (χ2v) is 9.09. The van der Waals surface area contributed by atoms with E-state index in [4.69, 9.17) is 4.74 Å². The lowest BCUT2D eigenvalue weighted by molar-refractivity contribution is 0.0767. The minimum Gasteiger partial charge on any atom is -0.492 e. The largest absolute Gasteiger partial charge is 0.492 e. The number of likely N-dealkylation sites (tertiary alicyclic amines) is 1. The van der Waals surface area contributed by atoms with Gasteiger partial charge in [-0.15, -0.1) is 0 Å². The summed E-state index contributed by atoms with van der Waals surface area (Å²) in [4.78, 5) is 20.2. The number of likely N-dealkylation sites (N-methyl/N-ethyl adjacent to an activating group) is 1. The first-order chi connectivity index (χ1) is 15.5. The summed E-state index contributed by atoms with van der Waals surface area (Å²) in [6, 6.07) is 14.4. The second-order valence-electron chi connectivity index (χ2n) is 9.09. The highest BCUT2D eigenvalue weighted by atomic mass is 16.5. The van der Waals surface area contributed by atoms with Crippen molar-refractivity contribution in [2.75, 3.05) is 20.2 Å². The van der Waals surface area contributed by atoms with Gasteiger partial charge in [-0.05, 0) is 86.8 Å². The van der Waals surface area contributed by atoms with Crippen LogP contribution in [0.25, 0.3) is 17.0 Å². The number of carbonyl (C=O) groups excluding carboxylic acids is 1.